The van der Waals surface area contributed by atoms with Crippen LogP contribution < -0.4 is 45.3 Å². The summed E-state index contributed by atoms with van der Waals surface area (Å²) in [5.41, 5.74) is 3.41. The van der Waals surface area contributed by atoms with E-state index in [1.54, 1.807) is 24.3 Å². The fraction of sp³-hybridized carbons (Fsp3) is 0.0714. The molecule has 0 aromatic heterocycles. The number of para-hydroxylation sites is 2. The van der Waals surface area contributed by atoms with Crippen LogP contribution in [0.3, 0.4) is 0 Å². The molecule has 1 amide bonds. The van der Waals surface area contributed by atoms with Crippen molar-refractivity contribution in [1.29, 1.82) is 0 Å². The van der Waals surface area contributed by atoms with Gasteiger partial charge in [-0.1, -0.05) is 48.5 Å². The van der Waals surface area contributed by atoms with Gasteiger partial charge in [0.05, 0.1) is 21.9 Å². The quantitative estimate of drug-likeness (QED) is 0.169. The molecule has 0 aliphatic carbocycles. The van der Waals surface area contributed by atoms with E-state index in [4.69, 9.17) is 0 Å². The van der Waals surface area contributed by atoms with E-state index >= 15 is 0 Å². The van der Waals surface area contributed by atoms with E-state index in [1.165, 1.54) is 0 Å². The number of carbonyl (C=O) groups excluding carboxylic acids is 1. The summed E-state index contributed by atoms with van der Waals surface area (Å²) in [6, 6.07) is 25.2. The molecule has 0 aliphatic rings. The number of anilines is 2. The number of hydrogen-bond acceptors (Lipinski definition) is 3. The third-order valence-electron chi connectivity index (χ3n) is 5.12. The topological polar surface area (TPSA) is 76.5 Å². The molecule has 0 radical (unpaired) electrons. The molecule has 0 fully saturated rings. The molecule has 5 nitrogen and oxygen atoms in total. The van der Waals surface area contributed by atoms with Crippen LogP contribution in [0, 0.1) is 25.5 Å². The van der Waals surface area contributed by atoms with Crippen LogP contribution in [0.4, 0.5) is 25.8 Å². The summed E-state index contributed by atoms with van der Waals surface area (Å²) in [5, 5.41) is 16.6. The Morgan fingerprint density at radius 3 is 2.11 bits per heavy atom. The summed E-state index contributed by atoms with van der Waals surface area (Å²) in [7, 11) is 0. The van der Waals surface area contributed by atoms with Gasteiger partial charge in [0.15, 0.2) is 0 Å². The van der Waals surface area contributed by atoms with Crippen molar-refractivity contribution in [3.8, 4) is 0 Å². The summed E-state index contributed by atoms with van der Waals surface area (Å²) < 4.78 is 27.1. The van der Waals surface area contributed by atoms with Gasteiger partial charge in [-0.15, -0.1) is 0 Å². The SMILES string of the molecule is Cc1cccc(C(=O)Nc2cc(F)c(Br)cc2F)c1C.[Na+].[O-]/C(=N/c1ccccc1)Nc1ccccc1. The summed E-state index contributed by atoms with van der Waals surface area (Å²) >= 11 is 2.88. The molecular formula is C28H23BrF2N3NaO2. The fourth-order valence-corrected chi connectivity index (χ4v) is 3.41. The van der Waals surface area contributed by atoms with Gasteiger partial charge in [0.1, 0.15) is 11.6 Å². The standard InChI is InChI=1S/C15H12BrF2NO.C13H12N2O.Na/c1-8-4-3-5-10(9(8)2)15(20)19-14-7-12(17)11(16)6-13(14)18;16-13(14-11-7-3-1-4-8-11)15-12-9-5-2-6-10-12;/h3-7H,1-2H3,(H,19,20);1-10H,(H2,14,15,16);/q;;+1/p-1. The Hall–Kier alpha value is -3.04. The van der Waals surface area contributed by atoms with Gasteiger partial charge in [-0.2, -0.15) is 0 Å². The molecule has 9 heteroatoms. The first-order chi connectivity index (χ1) is 17.2. The van der Waals surface area contributed by atoms with Crippen molar-refractivity contribution in [2.24, 2.45) is 4.99 Å². The fourth-order valence-electron chi connectivity index (χ4n) is 3.10. The number of carbonyl (C=O) groups is 1. The molecule has 0 heterocycles. The second-order valence-corrected chi connectivity index (χ2v) is 8.55. The Morgan fingerprint density at radius 1 is 0.838 bits per heavy atom. The monoisotopic (exact) mass is 573 g/mol. The van der Waals surface area contributed by atoms with Gasteiger partial charge in [0.2, 0.25) is 0 Å². The van der Waals surface area contributed by atoms with Gasteiger partial charge in [0, 0.05) is 17.3 Å². The third kappa shape index (κ3) is 9.09. The average molecular weight is 574 g/mol. The molecule has 0 aliphatic heterocycles. The Kier molecular flexibility index (Phi) is 11.9. The number of aliphatic imine (C=N–C) groups is 1. The summed E-state index contributed by atoms with van der Waals surface area (Å²) in [6.07, 6.45) is 0. The zero-order valence-electron chi connectivity index (χ0n) is 20.6. The van der Waals surface area contributed by atoms with Gasteiger partial charge in [0.25, 0.3) is 5.91 Å². The number of amides is 1. The van der Waals surface area contributed by atoms with E-state index < -0.39 is 17.5 Å². The van der Waals surface area contributed by atoms with Crippen molar-refractivity contribution >= 4 is 44.9 Å². The average Bonchev–Trinajstić information content (AvgIpc) is 2.86. The number of nitrogens with one attached hydrogen (secondary N) is 2. The minimum absolute atomic E-state index is 0. The normalized spacial score (nSPS) is 10.5. The van der Waals surface area contributed by atoms with E-state index in [0.29, 0.717) is 11.3 Å². The van der Waals surface area contributed by atoms with Crippen LogP contribution in [0.1, 0.15) is 21.5 Å². The zero-order valence-corrected chi connectivity index (χ0v) is 24.1. The molecule has 0 unspecified atom stereocenters. The van der Waals surface area contributed by atoms with E-state index in [2.05, 4.69) is 31.6 Å². The maximum absolute atomic E-state index is 13.7. The smallest absolute Gasteiger partial charge is 0.846 e. The van der Waals surface area contributed by atoms with Crippen LogP contribution in [-0.2, 0) is 0 Å². The Labute approximate surface area is 245 Å². The van der Waals surface area contributed by atoms with Crippen LogP contribution in [0.5, 0.6) is 0 Å². The van der Waals surface area contributed by atoms with Crippen molar-refractivity contribution in [1.82, 2.24) is 0 Å². The first-order valence-electron chi connectivity index (χ1n) is 10.9. The molecule has 37 heavy (non-hydrogen) atoms. The minimum Gasteiger partial charge on any atom is -0.846 e. The van der Waals surface area contributed by atoms with E-state index in [-0.39, 0.29) is 45.7 Å². The van der Waals surface area contributed by atoms with Crippen LogP contribution in [0.25, 0.3) is 0 Å². The molecule has 0 saturated heterocycles. The number of benzene rings is 4. The number of halogens is 3. The number of nitrogens with zero attached hydrogens (tertiary/aromatic N) is 1. The molecular weight excluding hydrogens is 551 g/mol. The van der Waals surface area contributed by atoms with E-state index in [9.17, 15) is 18.7 Å². The van der Waals surface area contributed by atoms with Crippen molar-refractivity contribution in [2.45, 2.75) is 13.8 Å². The Bertz CT molecular complexity index is 1370. The Balaban J connectivity index is 0.000000259. The molecule has 184 valence electrons. The van der Waals surface area contributed by atoms with E-state index in [0.717, 1.165) is 28.9 Å². The molecule has 4 aromatic rings. The van der Waals surface area contributed by atoms with Gasteiger partial charge >= 0.3 is 29.6 Å². The van der Waals surface area contributed by atoms with E-state index in [1.807, 2.05) is 68.4 Å². The third-order valence-corrected chi connectivity index (χ3v) is 5.73. The largest absolute Gasteiger partial charge is 1.00 e. The number of aryl methyl sites for hydroxylation is 1. The van der Waals surface area contributed by atoms with Crippen LogP contribution >= 0.6 is 15.9 Å². The molecule has 4 aromatic carbocycles. The number of rotatable bonds is 4. The van der Waals surface area contributed by atoms with Crippen molar-refractivity contribution in [2.75, 3.05) is 10.6 Å². The molecule has 2 N–H and O–H groups in total. The summed E-state index contributed by atoms with van der Waals surface area (Å²) in [6.45, 7) is 3.69. The Morgan fingerprint density at radius 2 is 1.46 bits per heavy atom. The summed E-state index contributed by atoms with van der Waals surface area (Å²) in [4.78, 5) is 16.0. The maximum atomic E-state index is 13.7. The van der Waals surface area contributed by atoms with Crippen LogP contribution in [0.15, 0.2) is 100 Å². The van der Waals surface area contributed by atoms with Gasteiger partial charge < -0.3 is 15.7 Å². The summed E-state index contributed by atoms with van der Waals surface area (Å²) in [5.74, 6) is -1.80. The van der Waals surface area contributed by atoms with Crippen molar-refractivity contribution in [3.05, 3.63) is 124 Å². The van der Waals surface area contributed by atoms with Crippen molar-refractivity contribution in [3.63, 3.8) is 0 Å². The molecule has 0 bridgehead atoms. The van der Waals surface area contributed by atoms with Gasteiger partial charge in [-0.05, 0) is 77.3 Å². The van der Waals surface area contributed by atoms with Crippen LogP contribution in [-0.4, -0.2) is 11.9 Å². The van der Waals surface area contributed by atoms with Gasteiger partial charge in [-0.25, -0.2) is 13.8 Å². The minimum atomic E-state index is -0.697. The predicted octanol–water partition coefficient (Wildman–Crippen LogP) is 3.75. The number of hydrogen-bond donors (Lipinski definition) is 2. The predicted molar refractivity (Wildman–Crippen MR) is 142 cm³/mol. The van der Waals surface area contributed by atoms with Crippen molar-refractivity contribution < 1.29 is 48.2 Å². The first kappa shape index (κ1) is 30.2. The number of amidine groups is 1. The molecule has 4 rings (SSSR count). The first-order valence-corrected chi connectivity index (χ1v) is 11.7. The second-order valence-electron chi connectivity index (χ2n) is 7.69. The second kappa shape index (κ2) is 14.6. The van der Waals surface area contributed by atoms with Crippen LogP contribution in [0.2, 0.25) is 0 Å². The van der Waals surface area contributed by atoms with Gasteiger partial charge in [-0.3, -0.25) is 4.79 Å². The maximum Gasteiger partial charge on any atom is 1.00 e. The molecule has 0 saturated carbocycles. The zero-order chi connectivity index (χ0) is 26.1. The molecule has 0 spiro atoms. The molecule has 0 atom stereocenters.